The van der Waals surface area contributed by atoms with Crippen molar-refractivity contribution in [3.63, 3.8) is 0 Å². The summed E-state index contributed by atoms with van der Waals surface area (Å²) in [5, 5.41) is 22.8. The molecule has 0 bridgehead atoms. The Balaban J connectivity index is 1.90. The number of para-hydroxylation sites is 1. The molecule has 10 heteroatoms. The molecule has 2 aromatic heterocycles. The van der Waals surface area contributed by atoms with Gasteiger partial charge >= 0.3 is 5.97 Å². The summed E-state index contributed by atoms with van der Waals surface area (Å²) in [7, 11) is 0. The summed E-state index contributed by atoms with van der Waals surface area (Å²) >= 11 is 13.5. The summed E-state index contributed by atoms with van der Waals surface area (Å²) in [4.78, 5) is 29.4. The van der Waals surface area contributed by atoms with Gasteiger partial charge in [-0.15, -0.1) is 0 Å². The van der Waals surface area contributed by atoms with Crippen LogP contribution in [0.1, 0.15) is 30.1 Å². The molecule has 7 nitrogen and oxygen atoms in total. The monoisotopic (exact) mass is 504 g/mol. The molecule has 0 atom stereocenters. The van der Waals surface area contributed by atoms with Gasteiger partial charge in [0.15, 0.2) is 16.7 Å². The number of carbonyl (C=O) groups is 2. The van der Waals surface area contributed by atoms with E-state index in [0.29, 0.717) is 26.3 Å². The molecule has 0 saturated heterocycles. The normalized spacial score (nSPS) is 11.1. The van der Waals surface area contributed by atoms with Gasteiger partial charge in [0.2, 0.25) is 5.88 Å². The Morgan fingerprint density at radius 2 is 1.82 bits per heavy atom. The van der Waals surface area contributed by atoms with Crippen molar-refractivity contribution >= 4 is 56.5 Å². The molecular weight excluding hydrogens is 487 g/mol. The number of fused-ring (bicyclic) bond motifs is 1. The predicted octanol–water partition coefficient (Wildman–Crippen LogP) is 6.00. The van der Waals surface area contributed by atoms with E-state index in [1.165, 1.54) is 15.9 Å². The highest BCUT2D eigenvalue weighted by molar-refractivity contribution is 7.21. The van der Waals surface area contributed by atoms with Crippen LogP contribution in [0.2, 0.25) is 10.0 Å². The third-order valence-corrected chi connectivity index (χ3v) is 6.49. The number of nitrogens with zero attached hydrogens (tertiary/aromatic N) is 2. The molecule has 33 heavy (non-hydrogen) atoms. The first-order valence-electron chi connectivity index (χ1n) is 9.98. The fourth-order valence-electron chi connectivity index (χ4n) is 3.45. The van der Waals surface area contributed by atoms with Crippen LogP contribution in [0, 0.1) is 0 Å². The van der Waals surface area contributed by atoms with Crippen LogP contribution in [-0.2, 0) is 9.53 Å². The predicted molar refractivity (Wildman–Crippen MR) is 128 cm³/mol. The molecule has 0 spiro atoms. The molecule has 4 rings (SSSR count). The van der Waals surface area contributed by atoms with Crippen molar-refractivity contribution in [1.82, 2.24) is 9.55 Å². The van der Waals surface area contributed by atoms with Gasteiger partial charge in [-0.25, -0.2) is 4.98 Å². The number of benzene rings is 2. The maximum absolute atomic E-state index is 13.1. The van der Waals surface area contributed by atoms with E-state index in [1.807, 2.05) is 6.07 Å². The zero-order valence-corrected chi connectivity index (χ0v) is 19.7. The molecule has 0 unspecified atom stereocenters. The zero-order valence-electron chi connectivity index (χ0n) is 17.3. The molecule has 170 valence electrons. The zero-order chi connectivity index (χ0) is 23.7. The van der Waals surface area contributed by atoms with Gasteiger partial charge in [0.05, 0.1) is 34.0 Å². The molecular formula is C23H18Cl2N2O5S. The van der Waals surface area contributed by atoms with E-state index >= 15 is 0 Å². The Morgan fingerprint density at radius 1 is 1.09 bits per heavy atom. The molecule has 0 aliphatic rings. The van der Waals surface area contributed by atoms with E-state index in [-0.39, 0.29) is 30.7 Å². The van der Waals surface area contributed by atoms with E-state index in [4.69, 9.17) is 27.9 Å². The Kier molecular flexibility index (Phi) is 6.60. The van der Waals surface area contributed by atoms with Crippen molar-refractivity contribution in [3.8, 4) is 28.0 Å². The van der Waals surface area contributed by atoms with Gasteiger partial charge in [0, 0.05) is 11.4 Å². The molecule has 0 saturated carbocycles. The van der Waals surface area contributed by atoms with Gasteiger partial charge < -0.3 is 14.9 Å². The molecule has 0 amide bonds. The molecule has 2 aromatic carbocycles. The van der Waals surface area contributed by atoms with Crippen LogP contribution in [0.4, 0.5) is 0 Å². The summed E-state index contributed by atoms with van der Waals surface area (Å²) in [6, 6.07) is 11.9. The van der Waals surface area contributed by atoms with Gasteiger partial charge in [0.25, 0.3) is 0 Å². The van der Waals surface area contributed by atoms with Crippen LogP contribution in [0.25, 0.3) is 26.6 Å². The number of esters is 1. The van der Waals surface area contributed by atoms with E-state index in [9.17, 15) is 19.8 Å². The number of ether oxygens (including phenoxy) is 1. The fourth-order valence-corrected chi connectivity index (χ4v) is 4.85. The molecule has 0 radical (unpaired) electrons. The average molecular weight is 505 g/mol. The molecule has 2 N–H and O–H groups in total. The average Bonchev–Trinajstić information content (AvgIpc) is 3.33. The lowest BCUT2D eigenvalue weighted by atomic mass is 10.0. The third kappa shape index (κ3) is 4.42. The SMILES string of the molecule is CCOC(=O)CCC(=O)c1c(O)c(O)n(-c2nc3c(Cl)cccc3s2)c1-c1ccc(Cl)cc1. The van der Waals surface area contributed by atoms with Crippen molar-refractivity contribution in [2.75, 3.05) is 6.61 Å². The van der Waals surface area contributed by atoms with Crippen molar-refractivity contribution in [2.24, 2.45) is 0 Å². The lowest BCUT2D eigenvalue weighted by Gasteiger charge is -2.09. The van der Waals surface area contributed by atoms with Crippen molar-refractivity contribution in [2.45, 2.75) is 19.8 Å². The summed E-state index contributed by atoms with van der Waals surface area (Å²) in [5.41, 5.74) is 1.15. The lowest BCUT2D eigenvalue weighted by Crippen LogP contribution is -2.09. The highest BCUT2D eigenvalue weighted by Crippen LogP contribution is 2.45. The molecule has 0 aliphatic heterocycles. The maximum atomic E-state index is 13.1. The lowest BCUT2D eigenvalue weighted by molar-refractivity contribution is -0.143. The minimum Gasteiger partial charge on any atom is -0.503 e. The van der Waals surface area contributed by atoms with Gasteiger partial charge in [-0.05, 0) is 36.8 Å². The first-order chi connectivity index (χ1) is 15.8. The highest BCUT2D eigenvalue weighted by Gasteiger charge is 2.30. The standard InChI is InChI=1S/C23H18Cl2N2O5S/c1-2-32-17(29)11-10-15(28)18-20(12-6-8-13(24)9-7-12)27(22(31)21(18)30)23-26-19-14(25)4-3-5-16(19)33-23/h3-9,30-31H,2,10-11H2,1H3. The number of Topliss-reactive ketones (excluding diaryl/α,β-unsaturated/α-hetero) is 1. The minimum absolute atomic E-state index is 0.121. The maximum Gasteiger partial charge on any atom is 0.306 e. The van der Waals surface area contributed by atoms with E-state index in [1.54, 1.807) is 43.3 Å². The number of ketones is 1. The van der Waals surface area contributed by atoms with Crippen molar-refractivity contribution in [1.29, 1.82) is 0 Å². The van der Waals surface area contributed by atoms with Crippen LogP contribution < -0.4 is 0 Å². The van der Waals surface area contributed by atoms with E-state index in [2.05, 4.69) is 4.98 Å². The van der Waals surface area contributed by atoms with Crippen LogP contribution in [-0.4, -0.2) is 38.1 Å². The Bertz CT molecular complexity index is 1360. The number of halogens is 2. The van der Waals surface area contributed by atoms with Crippen LogP contribution >= 0.6 is 34.5 Å². The van der Waals surface area contributed by atoms with Crippen molar-refractivity contribution < 1.29 is 24.5 Å². The molecule has 2 heterocycles. The van der Waals surface area contributed by atoms with Gasteiger partial charge in [-0.2, -0.15) is 0 Å². The molecule has 4 aromatic rings. The first kappa shape index (κ1) is 23.1. The highest BCUT2D eigenvalue weighted by atomic mass is 35.5. The number of thiazole rings is 1. The largest absolute Gasteiger partial charge is 0.503 e. The minimum atomic E-state index is -0.598. The second kappa shape index (κ2) is 9.43. The summed E-state index contributed by atoms with van der Waals surface area (Å²) < 4.78 is 6.95. The summed E-state index contributed by atoms with van der Waals surface area (Å²) in [6.45, 7) is 1.87. The number of rotatable bonds is 7. The quantitative estimate of drug-likeness (QED) is 0.236. The Labute approximate surface area is 202 Å². The number of aromatic nitrogens is 2. The van der Waals surface area contributed by atoms with Crippen LogP contribution in [0.5, 0.6) is 11.6 Å². The number of aromatic hydroxyl groups is 2. The van der Waals surface area contributed by atoms with Gasteiger partial charge in [-0.1, -0.05) is 52.7 Å². The fraction of sp³-hybridized carbons (Fsp3) is 0.174. The molecule has 0 aliphatic carbocycles. The number of hydrogen-bond acceptors (Lipinski definition) is 7. The topological polar surface area (TPSA) is 102 Å². The second-order valence-corrected chi connectivity index (χ2v) is 8.90. The van der Waals surface area contributed by atoms with Gasteiger partial charge in [-0.3, -0.25) is 14.2 Å². The smallest absolute Gasteiger partial charge is 0.306 e. The van der Waals surface area contributed by atoms with Crippen molar-refractivity contribution in [3.05, 3.63) is 58.1 Å². The number of hydrogen-bond donors (Lipinski definition) is 2. The van der Waals surface area contributed by atoms with Gasteiger partial charge in [0.1, 0.15) is 5.52 Å². The third-order valence-electron chi connectivity index (χ3n) is 4.93. The second-order valence-electron chi connectivity index (χ2n) is 7.05. The summed E-state index contributed by atoms with van der Waals surface area (Å²) in [6.07, 6.45) is -0.364. The van der Waals surface area contributed by atoms with E-state index in [0.717, 1.165) is 4.70 Å². The van der Waals surface area contributed by atoms with Crippen LogP contribution in [0.15, 0.2) is 42.5 Å². The Morgan fingerprint density at radius 3 is 2.48 bits per heavy atom. The first-order valence-corrected chi connectivity index (χ1v) is 11.6. The summed E-state index contributed by atoms with van der Waals surface area (Å²) in [5.74, 6) is -2.20. The van der Waals surface area contributed by atoms with Crippen LogP contribution in [0.3, 0.4) is 0 Å². The Hall–Kier alpha value is -3.07. The number of carbonyl (C=O) groups excluding carboxylic acids is 2. The molecule has 0 fully saturated rings. The van der Waals surface area contributed by atoms with E-state index < -0.39 is 23.4 Å².